The molecule has 0 saturated heterocycles. The Morgan fingerprint density at radius 1 is 1.17 bits per heavy atom. The quantitative estimate of drug-likeness (QED) is 0.849. The van der Waals surface area contributed by atoms with E-state index in [2.05, 4.69) is 46.6 Å². The SMILES string of the molecule is CCc1cccc(CC)c1NC(=O)c1cc(NC2CC2)nc(C)n1. The number of anilines is 2. The lowest BCUT2D eigenvalue weighted by Gasteiger charge is -2.14. The lowest BCUT2D eigenvalue weighted by atomic mass is 10.0. The van der Waals surface area contributed by atoms with Crippen molar-refractivity contribution in [2.75, 3.05) is 10.6 Å². The first-order valence-corrected chi connectivity index (χ1v) is 8.65. The van der Waals surface area contributed by atoms with Gasteiger partial charge in [-0.1, -0.05) is 32.0 Å². The van der Waals surface area contributed by atoms with E-state index in [4.69, 9.17) is 0 Å². The van der Waals surface area contributed by atoms with E-state index in [1.165, 1.54) is 0 Å². The molecule has 3 rings (SSSR count). The summed E-state index contributed by atoms with van der Waals surface area (Å²) in [6.07, 6.45) is 4.07. The fourth-order valence-corrected chi connectivity index (χ4v) is 2.78. The third kappa shape index (κ3) is 3.72. The van der Waals surface area contributed by atoms with Crippen molar-refractivity contribution >= 4 is 17.4 Å². The summed E-state index contributed by atoms with van der Waals surface area (Å²) in [6.45, 7) is 6.00. The number of rotatable bonds is 6. The van der Waals surface area contributed by atoms with E-state index in [9.17, 15) is 4.79 Å². The van der Waals surface area contributed by atoms with Crippen LogP contribution in [-0.2, 0) is 12.8 Å². The molecule has 0 bridgehead atoms. The normalized spacial score (nSPS) is 13.6. The maximum atomic E-state index is 12.7. The number of benzene rings is 1. The molecule has 0 spiro atoms. The van der Waals surface area contributed by atoms with Gasteiger partial charge in [0.25, 0.3) is 5.91 Å². The van der Waals surface area contributed by atoms with Gasteiger partial charge in [0.2, 0.25) is 0 Å². The van der Waals surface area contributed by atoms with Crippen LogP contribution in [0, 0.1) is 6.92 Å². The predicted molar refractivity (Wildman–Crippen MR) is 96.6 cm³/mol. The fraction of sp³-hybridized carbons (Fsp3) is 0.421. The monoisotopic (exact) mass is 324 g/mol. The number of carbonyl (C=O) groups excluding carboxylic acids is 1. The van der Waals surface area contributed by atoms with Crippen molar-refractivity contribution in [3.8, 4) is 0 Å². The van der Waals surface area contributed by atoms with Crippen molar-refractivity contribution < 1.29 is 4.79 Å². The van der Waals surface area contributed by atoms with E-state index in [1.807, 2.05) is 13.0 Å². The number of hydrogen-bond donors (Lipinski definition) is 2. The van der Waals surface area contributed by atoms with Crippen LogP contribution in [0.4, 0.5) is 11.5 Å². The molecular weight excluding hydrogens is 300 g/mol. The van der Waals surface area contributed by atoms with E-state index in [-0.39, 0.29) is 5.91 Å². The van der Waals surface area contributed by atoms with Gasteiger partial charge in [-0.25, -0.2) is 9.97 Å². The molecule has 0 radical (unpaired) electrons. The van der Waals surface area contributed by atoms with Gasteiger partial charge in [0.05, 0.1) is 0 Å². The third-order valence-electron chi connectivity index (χ3n) is 4.24. The molecule has 2 N–H and O–H groups in total. The first-order chi connectivity index (χ1) is 11.6. The standard InChI is InChI=1S/C19H24N4O/c1-4-13-7-6-8-14(5-2)18(13)23-19(24)16-11-17(21-12(3)20-16)22-15-9-10-15/h6-8,11,15H,4-5,9-10H2,1-3H3,(H,23,24)(H,20,21,22). The molecule has 1 amide bonds. The Kier molecular flexibility index (Phi) is 4.79. The van der Waals surface area contributed by atoms with Gasteiger partial charge in [0.15, 0.2) is 0 Å². The lowest BCUT2D eigenvalue weighted by Crippen LogP contribution is -2.18. The number of hydrogen-bond acceptors (Lipinski definition) is 4. The highest BCUT2D eigenvalue weighted by molar-refractivity contribution is 6.04. The molecule has 1 saturated carbocycles. The second kappa shape index (κ2) is 6.99. The van der Waals surface area contributed by atoms with Crippen molar-refractivity contribution in [1.29, 1.82) is 0 Å². The highest BCUT2D eigenvalue weighted by atomic mass is 16.1. The van der Waals surface area contributed by atoms with Crippen molar-refractivity contribution in [1.82, 2.24) is 9.97 Å². The Morgan fingerprint density at radius 2 is 1.83 bits per heavy atom. The highest BCUT2D eigenvalue weighted by Crippen LogP contribution is 2.25. The first-order valence-electron chi connectivity index (χ1n) is 8.65. The Hall–Kier alpha value is -2.43. The molecule has 2 aromatic rings. The molecule has 1 aromatic heterocycles. The summed E-state index contributed by atoms with van der Waals surface area (Å²) in [5.74, 6) is 1.15. The van der Waals surface area contributed by atoms with Crippen LogP contribution < -0.4 is 10.6 Å². The highest BCUT2D eigenvalue weighted by Gasteiger charge is 2.22. The van der Waals surface area contributed by atoms with Crippen LogP contribution in [0.15, 0.2) is 24.3 Å². The molecule has 1 aliphatic carbocycles. The molecule has 126 valence electrons. The third-order valence-corrected chi connectivity index (χ3v) is 4.24. The maximum Gasteiger partial charge on any atom is 0.274 e. The lowest BCUT2D eigenvalue weighted by molar-refractivity contribution is 0.102. The van der Waals surface area contributed by atoms with Gasteiger partial charge in [0.1, 0.15) is 17.3 Å². The first kappa shape index (κ1) is 16.4. The second-order valence-electron chi connectivity index (χ2n) is 6.22. The van der Waals surface area contributed by atoms with E-state index >= 15 is 0 Å². The number of amides is 1. The summed E-state index contributed by atoms with van der Waals surface area (Å²) >= 11 is 0. The fourth-order valence-electron chi connectivity index (χ4n) is 2.78. The van der Waals surface area contributed by atoms with Crippen LogP contribution >= 0.6 is 0 Å². The Balaban J connectivity index is 1.86. The topological polar surface area (TPSA) is 66.9 Å². The molecule has 24 heavy (non-hydrogen) atoms. The predicted octanol–water partition coefficient (Wildman–Crippen LogP) is 3.74. The van der Waals surface area contributed by atoms with Gasteiger partial charge in [0, 0.05) is 17.8 Å². The Labute approximate surface area is 142 Å². The van der Waals surface area contributed by atoms with E-state index < -0.39 is 0 Å². The average Bonchev–Trinajstić information content (AvgIpc) is 3.38. The van der Waals surface area contributed by atoms with E-state index in [0.717, 1.165) is 48.3 Å². The average molecular weight is 324 g/mol. The summed E-state index contributed by atoms with van der Waals surface area (Å²) in [5.41, 5.74) is 3.61. The molecular formula is C19H24N4O. The molecule has 0 unspecified atom stereocenters. The number of aryl methyl sites for hydroxylation is 3. The molecule has 5 heteroatoms. The minimum atomic E-state index is -0.185. The van der Waals surface area contributed by atoms with Crippen molar-refractivity contribution in [2.24, 2.45) is 0 Å². The van der Waals surface area contributed by atoms with Crippen LogP contribution in [0.2, 0.25) is 0 Å². The Bertz CT molecular complexity index is 731. The van der Waals surface area contributed by atoms with Crippen molar-refractivity contribution in [2.45, 2.75) is 52.5 Å². The number of para-hydroxylation sites is 1. The van der Waals surface area contributed by atoms with Crippen LogP contribution in [0.3, 0.4) is 0 Å². The zero-order valence-corrected chi connectivity index (χ0v) is 14.5. The summed E-state index contributed by atoms with van der Waals surface area (Å²) in [6, 6.07) is 8.38. The van der Waals surface area contributed by atoms with Gasteiger partial charge >= 0.3 is 0 Å². The maximum absolute atomic E-state index is 12.7. The van der Waals surface area contributed by atoms with Crippen LogP contribution in [0.5, 0.6) is 0 Å². The molecule has 1 fully saturated rings. The minimum absolute atomic E-state index is 0.185. The number of nitrogens with zero attached hydrogens (tertiary/aromatic N) is 2. The van der Waals surface area contributed by atoms with Gasteiger partial charge in [-0.15, -0.1) is 0 Å². The number of carbonyl (C=O) groups is 1. The van der Waals surface area contributed by atoms with Gasteiger partial charge < -0.3 is 10.6 Å². The van der Waals surface area contributed by atoms with Gasteiger partial charge in [-0.2, -0.15) is 0 Å². The summed E-state index contributed by atoms with van der Waals surface area (Å²) < 4.78 is 0. The number of nitrogens with one attached hydrogen (secondary N) is 2. The van der Waals surface area contributed by atoms with E-state index in [0.29, 0.717) is 17.6 Å². The van der Waals surface area contributed by atoms with Crippen molar-refractivity contribution in [3.05, 3.63) is 46.9 Å². The molecule has 1 heterocycles. The van der Waals surface area contributed by atoms with Gasteiger partial charge in [-0.3, -0.25) is 4.79 Å². The largest absolute Gasteiger partial charge is 0.367 e. The molecule has 5 nitrogen and oxygen atoms in total. The van der Waals surface area contributed by atoms with Crippen LogP contribution in [-0.4, -0.2) is 21.9 Å². The zero-order chi connectivity index (χ0) is 17.1. The Morgan fingerprint density at radius 3 is 2.42 bits per heavy atom. The van der Waals surface area contributed by atoms with Crippen LogP contribution in [0.25, 0.3) is 0 Å². The molecule has 1 aromatic carbocycles. The molecule has 1 aliphatic rings. The summed E-state index contributed by atoms with van der Waals surface area (Å²) in [4.78, 5) is 21.4. The molecule has 0 aliphatic heterocycles. The summed E-state index contributed by atoms with van der Waals surface area (Å²) in [7, 11) is 0. The zero-order valence-electron chi connectivity index (χ0n) is 14.5. The van der Waals surface area contributed by atoms with E-state index in [1.54, 1.807) is 6.07 Å². The minimum Gasteiger partial charge on any atom is -0.367 e. The second-order valence-corrected chi connectivity index (χ2v) is 6.22. The number of aromatic nitrogens is 2. The van der Waals surface area contributed by atoms with Crippen molar-refractivity contribution in [3.63, 3.8) is 0 Å². The van der Waals surface area contributed by atoms with Crippen LogP contribution in [0.1, 0.15) is 54.1 Å². The van der Waals surface area contributed by atoms with Gasteiger partial charge in [-0.05, 0) is 43.7 Å². The smallest absolute Gasteiger partial charge is 0.274 e. The summed E-state index contributed by atoms with van der Waals surface area (Å²) in [5, 5.41) is 6.39. The molecule has 0 atom stereocenters.